The van der Waals surface area contributed by atoms with Crippen LogP contribution < -0.4 is 0 Å². The van der Waals surface area contributed by atoms with Gasteiger partial charge in [-0.05, 0) is 24.3 Å². The highest BCUT2D eigenvalue weighted by molar-refractivity contribution is 5.88. The van der Waals surface area contributed by atoms with Gasteiger partial charge in [0.1, 0.15) is 5.69 Å². The molecule has 2 aromatic carbocycles. The van der Waals surface area contributed by atoms with Crippen LogP contribution in [0.25, 0.3) is 27.8 Å². The molecule has 0 unspecified atom stereocenters. The highest BCUT2D eigenvalue weighted by atomic mass is 16.4. The number of rotatable bonds is 3. The molecule has 0 atom stereocenters. The summed E-state index contributed by atoms with van der Waals surface area (Å²) >= 11 is 0. The van der Waals surface area contributed by atoms with Crippen molar-refractivity contribution in [2.45, 2.75) is 0 Å². The van der Waals surface area contributed by atoms with Crippen LogP contribution in [0.2, 0.25) is 0 Å². The SMILES string of the molecule is O=C(O)c1ccc(-c2cn(-c3cnc4ccccc4c3)nn2)cc1. The van der Waals surface area contributed by atoms with E-state index in [0.29, 0.717) is 5.69 Å². The summed E-state index contributed by atoms with van der Waals surface area (Å²) in [5.41, 5.74) is 3.45. The average Bonchev–Trinajstić information content (AvgIpc) is 3.11. The van der Waals surface area contributed by atoms with Gasteiger partial charge in [0.15, 0.2) is 0 Å². The van der Waals surface area contributed by atoms with E-state index in [1.165, 1.54) is 0 Å². The Kier molecular flexibility index (Phi) is 3.28. The highest BCUT2D eigenvalue weighted by Gasteiger charge is 2.08. The first-order valence-corrected chi connectivity index (χ1v) is 7.32. The Bertz CT molecular complexity index is 1040. The number of carboxylic acids is 1. The van der Waals surface area contributed by atoms with E-state index in [-0.39, 0.29) is 5.56 Å². The van der Waals surface area contributed by atoms with Crippen molar-refractivity contribution in [3.63, 3.8) is 0 Å². The van der Waals surface area contributed by atoms with Crippen LogP contribution in [0, 0.1) is 0 Å². The van der Waals surface area contributed by atoms with Crippen LogP contribution >= 0.6 is 0 Å². The minimum absolute atomic E-state index is 0.241. The summed E-state index contributed by atoms with van der Waals surface area (Å²) in [7, 11) is 0. The number of carboxylic acid groups (broad SMARTS) is 1. The molecule has 2 heterocycles. The van der Waals surface area contributed by atoms with Gasteiger partial charge < -0.3 is 5.11 Å². The smallest absolute Gasteiger partial charge is 0.335 e. The molecule has 4 aromatic rings. The molecule has 0 spiro atoms. The fourth-order valence-corrected chi connectivity index (χ4v) is 2.49. The van der Waals surface area contributed by atoms with Crippen LogP contribution in [0.5, 0.6) is 0 Å². The van der Waals surface area contributed by atoms with E-state index in [9.17, 15) is 4.79 Å². The van der Waals surface area contributed by atoms with Gasteiger partial charge in [0, 0.05) is 10.9 Å². The quantitative estimate of drug-likeness (QED) is 0.628. The maximum atomic E-state index is 10.9. The second-order valence-corrected chi connectivity index (χ2v) is 5.32. The Hall–Kier alpha value is -3.54. The first-order valence-electron chi connectivity index (χ1n) is 7.32. The standard InChI is InChI=1S/C18H12N4O2/c23-18(24)13-7-5-12(6-8-13)17-11-22(21-20-17)15-9-14-3-1-2-4-16(14)19-10-15/h1-11H,(H,23,24). The average molecular weight is 316 g/mol. The lowest BCUT2D eigenvalue weighted by Crippen LogP contribution is -1.95. The third-order valence-corrected chi connectivity index (χ3v) is 3.76. The van der Waals surface area contributed by atoms with Crippen LogP contribution in [0.3, 0.4) is 0 Å². The van der Waals surface area contributed by atoms with Crippen molar-refractivity contribution in [2.75, 3.05) is 0 Å². The Morgan fingerprint density at radius 3 is 2.62 bits per heavy atom. The molecule has 24 heavy (non-hydrogen) atoms. The van der Waals surface area contributed by atoms with Gasteiger partial charge in [-0.1, -0.05) is 35.5 Å². The minimum atomic E-state index is -0.951. The molecule has 0 aliphatic carbocycles. The predicted molar refractivity (Wildman–Crippen MR) is 89.1 cm³/mol. The van der Waals surface area contributed by atoms with Crippen LogP contribution in [-0.2, 0) is 0 Å². The van der Waals surface area contributed by atoms with Gasteiger partial charge in [-0.2, -0.15) is 0 Å². The van der Waals surface area contributed by atoms with E-state index >= 15 is 0 Å². The van der Waals surface area contributed by atoms with Crippen LogP contribution in [0.4, 0.5) is 0 Å². The summed E-state index contributed by atoms with van der Waals surface area (Å²) in [6.07, 6.45) is 3.54. The van der Waals surface area contributed by atoms with E-state index in [4.69, 9.17) is 5.11 Å². The number of pyridine rings is 1. The molecule has 0 saturated heterocycles. The van der Waals surface area contributed by atoms with Crippen molar-refractivity contribution in [3.05, 3.63) is 72.6 Å². The Morgan fingerprint density at radius 1 is 1.04 bits per heavy atom. The van der Waals surface area contributed by atoms with Crippen LogP contribution in [0.15, 0.2) is 67.0 Å². The van der Waals surface area contributed by atoms with Crippen molar-refractivity contribution >= 4 is 16.9 Å². The lowest BCUT2D eigenvalue weighted by Gasteiger charge is -2.01. The molecular formula is C18H12N4O2. The number of aromatic nitrogens is 4. The normalized spacial score (nSPS) is 10.8. The topological polar surface area (TPSA) is 80.9 Å². The van der Waals surface area contributed by atoms with Gasteiger partial charge in [-0.15, -0.1) is 5.10 Å². The predicted octanol–water partition coefficient (Wildman–Crippen LogP) is 3.18. The minimum Gasteiger partial charge on any atom is -0.478 e. The number of nitrogens with zero attached hydrogens (tertiary/aromatic N) is 4. The van der Waals surface area contributed by atoms with Gasteiger partial charge in [0.05, 0.1) is 29.2 Å². The number of para-hydroxylation sites is 1. The van der Waals surface area contributed by atoms with Gasteiger partial charge in [-0.25, -0.2) is 9.48 Å². The van der Waals surface area contributed by atoms with E-state index in [1.54, 1.807) is 41.3 Å². The zero-order valence-electron chi connectivity index (χ0n) is 12.5. The number of carbonyl (C=O) groups is 1. The fourth-order valence-electron chi connectivity index (χ4n) is 2.49. The summed E-state index contributed by atoms with van der Waals surface area (Å²) in [5, 5.41) is 18.3. The van der Waals surface area contributed by atoms with Gasteiger partial charge in [0.25, 0.3) is 0 Å². The molecule has 1 N–H and O–H groups in total. The Morgan fingerprint density at radius 2 is 1.83 bits per heavy atom. The lowest BCUT2D eigenvalue weighted by molar-refractivity contribution is 0.0697. The molecule has 0 aliphatic heterocycles. The number of benzene rings is 2. The second kappa shape index (κ2) is 5.58. The molecule has 0 aliphatic rings. The van der Waals surface area contributed by atoms with E-state index < -0.39 is 5.97 Å². The first-order chi connectivity index (χ1) is 11.7. The summed E-state index contributed by atoms with van der Waals surface area (Å²) in [6.45, 7) is 0. The van der Waals surface area contributed by atoms with Crippen molar-refractivity contribution in [1.82, 2.24) is 20.0 Å². The van der Waals surface area contributed by atoms with Crippen molar-refractivity contribution in [1.29, 1.82) is 0 Å². The number of fused-ring (bicyclic) bond motifs is 1. The van der Waals surface area contributed by atoms with Crippen LogP contribution in [-0.4, -0.2) is 31.1 Å². The first kappa shape index (κ1) is 14.1. The second-order valence-electron chi connectivity index (χ2n) is 5.32. The summed E-state index contributed by atoms with van der Waals surface area (Å²) in [4.78, 5) is 15.3. The largest absolute Gasteiger partial charge is 0.478 e. The zero-order valence-corrected chi connectivity index (χ0v) is 12.5. The molecule has 0 radical (unpaired) electrons. The molecule has 0 saturated carbocycles. The van der Waals surface area contributed by atoms with Crippen molar-refractivity contribution in [3.8, 4) is 16.9 Å². The van der Waals surface area contributed by atoms with Crippen molar-refractivity contribution < 1.29 is 9.90 Å². The van der Waals surface area contributed by atoms with Crippen molar-refractivity contribution in [2.24, 2.45) is 0 Å². The summed E-state index contributed by atoms with van der Waals surface area (Å²) in [5.74, 6) is -0.951. The molecule has 6 heteroatoms. The molecule has 116 valence electrons. The summed E-state index contributed by atoms with van der Waals surface area (Å²) < 4.78 is 1.65. The lowest BCUT2D eigenvalue weighted by atomic mass is 10.1. The van der Waals surface area contributed by atoms with Gasteiger partial charge in [-0.3, -0.25) is 4.98 Å². The molecule has 4 rings (SSSR count). The fraction of sp³-hybridized carbons (Fsp3) is 0. The molecular weight excluding hydrogens is 304 g/mol. The summed E-state index contributed by atoms with van der Waals surface area (Å²) in [6, 6.07) is 16.4. The maximum absolute atomic E-state index is 10.9. The van der Waals surface area contributed by atoms with E-state index in [2.05, 4.69) is 15.3 Å². The van der Waals surface area contributed by atoms with Crippen LogP contribution in [0.1, 0.15) is 10.4 Å². The molecule has 2 aromatic heterocycles. The third-order valence-electron chi connectivity index (χ3n) is 3.76. The number of hydrogen-bond donors (Lipinski definition) is 1. The molecule has 0 fully saturated rings. The molecule has 0 bridgehead atoms. The third kappa shape index (κ3) is 2.50. The Labute approximate surface area is 137 Å². The highest BCUT2D eigenvalue weighted by Crippen LogP contribution is 2.20. The molecule has 0 amide bonds. The van der Waals surface area contributed by atoms with E-state index in [0.717, 1.165) is 22.2 Å². The maximum Gasteiger partial charge on any atom is 0.335 e. The monoisotopic (exact) mass is 316 g/mol. The zero-order chi connectivity index (χ0) is 16.5. The van der Waals surface area contributed by atoms with Gasteiger partial charge in [0.2, 0.25) is 0 Å². The Balaban J connectivity index is 1.69. The number of aromatic carboxylic acids is 1. The van der Waals surface area contributed by atoms with E-state index in [1.807, 2.05) is 30.3 Å². The molecule has 6 nitrogen and oxygen atoms in total. The van der Waals surface area contributed by atoms with Gasteiger partial charge >= 0.3 is 5.97 Å². The number of hydrogen-bond acceptors (Lipinski definition) is 4.